The second kappa shape index (κ2) is 14.3. The van der Waals surface area contributed by atoms with Crippen molar-refractivity contribution in [1.82, 2.24) is 14.8 Å². The monoisotopic (exact) mass is 625 g/mol. The summed E-state index contributed by atoms with van der Waals surface area (Å²) in [5.41, 5.74) is 3.45. The van der Waals surface area contributed by atoms with E-state index in [-0.39, 0.29) is 24.5 Å². The summed E-state index contributed by atoms with van der Waals surface area (Å²) in [5, 5.41) is 13.2. The Hall–Kier alpha value is -2.88. The Bertz CT molecular complexity index is 1300. The molecule has 0 aliphatic carbocycles. The molecule has 220 valence electrons. The Kier molecular flexibility index (Phi) is 10.4. The second-order valence-corrected chi connectivity index (χ2v) is 12.1. The molecule has 2 saturated heterocycles. The number of nitrogens with one attached hydrogen (secondary N) is 1. The molecule has 5 rings (SSSR count). The number of nitrogens with zero attached hydrogens (tertiary/aromatic N) is 2. The highest BCUT2D eigenvalue weighted by Gasteiger charge is 2.29. The van der Waals surface area contributed by atoms with Gasteiger partial charge < -0.3 is 29.4 Å². The lowest BCUT2D eigenvalue weighted by Crippen LogP contribution is -2.44. The number of carbonyl (C=O) groups is 2. The molecule has 1 unspecified atom stereocenters. The van der Waals surface area contributed by atoms with E-state index in [0.717, 1.165) is 61.7 Å². The topological polar surface area (TPSA) is 93.0 Å². The van der Waals surface area contributed by atoms with Gasteiger partial charge in [0, 0.05) is 60.3 Å². The summed E-state index contributed by atoms with van der Waals surface area (Å²) in [6.07, 6.45) is 5.47. The Morgan fingerprint density at radius 1 is 1.10 bits per heavy atom. The van der Waals surface area contributed by atoms with Crippen molar-refractivity contribution >= 4 is 38.8 Å². The molecule has 1 aromatic heterocycles. The number of aryl methyl sites for hydroxylation is 1. The van der Waals surface area contributed by atoms with Crippen molar-refractivity contribution in [3.63, 3.8) is 0 Å². The maximum absolute atomic E-state index is 13.5. The number of aromatic nitrogens is 1. The molecule has 2 fully saturated rings. The lowest BCUT2D eigenvalue weighted by Gasteiger charge is -2.34. The minimum atomic E-state index is -1.11. The van der Waals surface area contributed by atoms with Crippen LogP contribution in [0.25, 0.3) is 10.9 Å². The van der Waals surface area contributed by atoms with Crippen molar-refractivity contribution in [1.29, 1.82) is 0 Å². The molecular formula is C32H40BrN3O5. The van der Waals surface area contributed by atoms with Gasteiger partial charge in [-0.3, -0.25) is 4.79 Å². The Labute approximate surface area is 250 Å². The van der Waals surface area contributed by atoms with Crippen LogP contribution in [0, 0.1) is 0 Å². The summed E-state index contributed by atoms with van der Waals surface area (Å²) in [6.45, 7) is 3.62. The van der Waals surface area contributed by atoms with Crippen molar-refractivity contribution in [2.75, 3.05) is 26.3 Å². The molecule has 3 heterocycles. The van der Waals surface area contributed by atoms with E-state index in [9.17, 15) is 14.7 Å². The van der Waals surface area contributed by atoms with Crippen LogP contribution in [-0.2, 0) is 27.2 Å². The number of likely N-dealkylation sites (tertiary alicyclic amines) is 1. The molecule has 0 radical (unpaired) electrons. The highest BCUT2D eigenvalue weighted by molar-refractivity contribution is 9.10. The third kappa shape index (κ3) is 8.11. The summed E-state index contributed by atoms with van der Waals surface area (Å²) >= 11 is 3.44. The van der Waals surface area contributed by atoms with E-state index < -0.39 is 12.1 Å². The van der Waals surface area contributed by atoms with E-state index in [1.54, 1.807) is 0 Å². The summed E-state index contributed by atoms with van der Waals surface area (Å²) in [5.74, 6) is 0.217. The first-order valence-corrected chi connectivity index (χ1v) is 15.6. The van der Waals surface area contributed by atoms with E-state index in [1.807, 2.05) is 29.2 Å². The summed E-state index contributed by atoms with van der Waals surface area (Å²) in [4.78, 5) is 26.9. The second-order valence-electron chi connectivity index (χ2n) is 11.2. The van der Waals surface area contributed by atoms with Crippen LogP contribution in [-0.4, -0.2) is 65.2 Å². The highest BCUT2D eigenvalue weighted by atomic mass is 79.9. The molecule has 3 atom stereocenters. The standard InChI is InChI=1S/C32H40BrN3O5/c33-26-13-11-23(12-14-26)19-27(34-32(38)39)21-30(37)35-15-5-8-25(22-35)29-20-24-7-1-2-9-28(24)36(29)16-6-18-41-31-10-3-4-17-40-31/h1-2,7,9,11-14,20,25,27,31,34H,3-6,8,10,15-19,21-22H2,(H,38,39)/t25-,27-,31?/m1/s1. The zero-order chi connectivity index (χ0) is 28.6. The van der Waals surface area contributed by atoms with Crippen LogP contribution in [0.4, 0.5) is 4.79 Å². The maximum atomic E-state index is 13.5. The fourth-order valence-corrected chi connectivity index (χ4v) is 6.40. The van der Waals surface area contributed by atoms with Crippen LogP contribution in [0.1, 0.15) is 62.1 Å². The molecule has 0 bridgehead atoms. The molecular weight excluding hydrogens is 586 g/mol. The first kappa shape index (κ1) is 29.6. The molecule has 2 aliphatic heterocycles. The van der Waals surface area contributed by atoms with Gasteiger partial charge >= 0.3 is 6.09 Å². The maximum Gasteiger partial charge on any atom is 0.404 e. The van der Waals surface area contributed by atoms with Crippen molar-refractivity contribution in [2.45, 2.75) is 76.2 Å². The molecule has 9 heteroatoms. The van der Waals surface area contributed by atoms with Gasteiger partial charge in [-0.05, 0) is 80.2 Å². The van der Waals surface area contributed by atoms with Crippen LogP contribution >= 0.6 is 15.9 Å². The molecule has 0 saturated carbocycles. The fraction of sp³-hybridized carbons (Fsp3) is 0.500. The van der Waals surface area contributed by atoms with Gasteiger partial charge in [-0.25, -0.2) is 4.79 Å². The third-order valence-electron chi connectivity index (χ3n) is 8.15. The molecule has 2 aliphatic rings. The largest absolute Gasteiger partial charge is 0.465 e. The van der Waals surface area contributed by atoms with E-state index >= 15 is 0 Å². The number of amides is 2. The molecule has 0 spiro atoms. The summed E-state index contributed by atoms with van der Waals surface area (Å²) < 4.78 is 15.1. The van der Waals surface area contributed by atoms with Crippen LogP contribution in [0.3, 0.4) is 0 Å². The predicted octanol–water partition coefficient (Wildman–Crippen LogP) is 6.31. The van der Waals surface area contributed by atoms with Gasteiger partial charge in [0.25, 0.3) is 0 Å². The number of hydrogen-bond acceptors (Lipinski definition) is 4. The minimum Gasteiger partial charge on any atom is -0.465 e. The summed E-state index contributed by atoms with van der Waals surface area (Å²) in [7, 11) is 0. The van der Waals surface area contributed by atoms with Gasteiger partial charge in [-0.1, -0.05) is 46.3 Å². The quantitative estimate of drug-likeness (QED) is 0.244. The Morgan fingerprint density at radius 3 is 2.71 bits per heavy atom. The van der Waals surface area contributed by atoms with E-state index in [1.165, 1.54) is 16.6 Å². The lowest BCUT2D eigenvalue weighted by molar-refractivity contribution is -0.163. The van der Waals surface area contributed by atoms with Crippen LogP contribution in [0.5, 0.6) is 0 Å². The number of piperidine rings is 1. The molecule has 41 heavy (non-hydrogen) atoms. The number of hydrogen-bond donors (Lipinski definition) is 2. The number of benzene rings is 2. The van der Waals surface area contributed by atoms with E-state index in [2.05, 4.69) is 56.1 Å². The van der Waals surface area contributed by atoms with Gasteiger partial charge in [-0.2, -0.15) is 0 Å². The highest BCUT2D eigenvalue weighted by Crippen LogP contribution is 2.32. The Morgan fingerprint density at radius 2 is 1.93 bits per heavy atom. The molecule has 2 amide bonds. The molecule has 2 aromatic carbocycles. The third-order valence-corrected chi connectivity index (χ3v) is 8.68. The van der Waals surface area contributed by atoms with Gasteiger partial charge in [0.1, 0.15) is 0 Å². The Balaban J connectivity index is 1.24. The average Bonchev–Trinajstić information content (AvgIpc) is 3.35. The number of rotatable bonds is 11. The van der Waals surface area contributed by atoms with Crippen molar-refractivity contribution in [2.24, 2.45) is 0 Å². The zero-order valence-corrected chi connectivity index (χ0v) is 25.1. The summed E-state index contributed by atoms with van der Waals surface area (Å²) in [6, 6.07) is 18.0. The smallest absolute Gasteiger partial charge is 0.404 e. The zero-order valence-electron chi connectivity index (χ0n) is 23.5. The molecule has 2 N–H and O–H groups in total. The fourth-order valence-electron chi connectivity index (χ4n) is 6.14. The van der Waals surface area contributed by atoms with Crippen molar-refractivity contribution in [3.8, 4) is 0 Å². The normalized spacial score (nSPS) is 20.2. The molecule has 8 nitrogen and oxygen atoms in total. The number of fused-ring (bicyclic) bond motifs is 1. The SMILES string of the molecule is O=C(O)N[C@@H](CC(=O)N1CCC[C@@H](c2cc3ccccc3n2CCCOC2CCCCO2)C1)Cc1ccc(Br)cc1. The number of ether oxygens (including phenoxy) is 2. The van der Waals surface area contributed by atoms with Gasteiger partial charge in [0.05, 0.1) is 6.61 Å². The van der Waals surface area contributed by atoms with Crippen LogP contribution in [0.2, 0.25) is 0 Å². The van der Waals surface area contributed by atoms with Gasteiger partial charge in [0.15, 0.2) is 6.29 Å². The first-order chi connectivity index (χ1) is 20.0. The van der Waals surface area contributed by atoms with Crippen LogP contribution < -0.4 is 5.32 Å². The van der Waals surface area contributed by atoms with Gasteiger partial charge in [-0.15, -0.1) is 0 Å². The predicted molar refractivity (Wildman–Crippen MR) is 162 cm³/mol. The van der Waals surface area contributed by atoms with Crippen LogP contribution in [0.15, 0.2) is 59.1 Å². The number of para-hydroxylation sites is 1. The van der Waals surface area contributed by atoms with E-state index in [0.29, 0.717) is 26.1 Å². The van der Waals surface area contributed by atoms with Crippen molar-refractivity contribution < 1.29 is 24.2 Å². The average molecular weight is 627 g/mol. The van der Waals surface area contributed by atoms with Gasteiger partial charge in [0.2, 0.25) is 5.91 Å². The first-order valence-electron chi connectivity index (χ1n) is 14.8. The van der Waals surface area contributed by atoms with E-state index in [4.69, 9.17) is 9.47 Å². The van der Waals surface area contributed by atoms with Crippen molar-refractivity contribution in [3.05, 3.63) is 70.3 Å². The molecule has 3 aromatic rings. The minimum absolute atomic E-state index is 0.00546. The number of halogens is 1. The number of carbonyl (C=O) groups excluding carboxylic acids is 1. The number of carboxylic acid groups (broad SMARTS) is 1. The lowest BCUT2D eigenvalue weighted by atomic mass is 9.93.